The van der Waals surface area contributed by atoms with Crippen LogP contribution in [-0.4, -0.2) is 61.5 Å². The predicted octanol–water partition coefficient (Wildman–Crippen LogP) is 0.293. The van der Waals surface area contributed by atoms with Crippen LogP contribution in [-0.2, 0) is 4.79 Å². The molecule has 1 saturated carbocycles. The molecule has 0 bridgehead atoms. The van der Waals surface area contributed by atoms with Crippen molar-refractivity contribution in [2.75, 3.05) is 39.8 Å². The average Bonchev–Trinajstić information content (AvgIpc) is 2.97. The third kappa shape index (κ3) is 3.76. The Bertz CT molecular complexity index is 234. The quantitative estimate of drug-likeness (QED) is 0.706. The van der Waals surface area contributed by atoms with Gasteiger partial charge in [-0.3, -0.25) is 4.79 Å². The molecule has 0 unspecified atom stereocenters. The fourth-order valence-electron chi connectivity index (χ4n) is 2.08. The number of nitrogens with one attached hydrogen (secondary N) is 1. The molecule has 1 amide bonds. The summed E-state index contributed by atoms with van der Waals surface area (Å²) in [7, 11) is 1.91. The topological polar surface area (TPSA) is 35.6 Å². The van der Waals surface area contributed by atoms with Gasteiger partial charge < -0.3 is 15.1 Å². The van der Waals surface area contributed by atoms with E-state index in [9.17, 15) is 4.79 Å². The monoisotopic (exact) mass is 225 g/mol. The highest BCUT2D eigenvalue weighted by Gasteiger charge is 2.22. The molecule has 4 heteroatoms. The van der Waals surface area contributed by atoms with Crippen molar-refractivity contribution in [1.29, 1.82) is 0 Å². The molecule has 0 radical (unpaired) electrons. The van der Waals surface area contributed by atoms with Crippen molar-refractivity contribution in [3.05, 3.63) is 0 Å². The number of carbonyl (C=O) groups excluding carboxylic acids is 1. The van der Waals surface area contributed by atoms with E-state index in [1.165, 1.54) is 38.8 Å². The Morgan fingerprint density at radius 1 is 1.38 bits per heavy atom. The van der Waals surface area contributed by atoms with Gasteiger partial charge in [0.15, 0.2) is 0 Å². The summed E-state index contributed by atoms with van der Waals surface area (Å²) in [4.78, 5) is 16.0. The van der Waals surface area contributed by atoms with E-state index in [1.807, 2.05) is 11.9 Å². The molecule has 0 aromatic heterocycles. The summed E-state index contributed by atoms with van der Waals surface area (Å²) in [6, 6.07) is 0.621. The number of amides is 1. The van der Waals surface area contributed by atoms with Crippen molar-refractivity contribution >= 4 is 5.91 Å². The molecule has 0 spiro atoms. The largest absolute Gasteiger partial charge is 0.343 e. The van der Waals surface area contributed by atoms with Crippen LogP contribution in [0.2, 0.25) is 0 Å². The highest BCUT2D eigenvalue weighted by atomic mass is 16.2. The molecule has 0 atom stereocenters. The van der Waals surface area contributed by atoms with E-state index in [2.05, 4.69) is 10.2 Å². The van der Waals surface area contributed by atoms with Gasteiger partial charge in [0.1, 0.15) is 0 Å². The molecule has 92 valence electrons. The summed E-state index contributed by atoms with van der Waals surface area (Å²) >= 11 is 0. The van der Waals surface area contributed by atoms with Crippen LogP contribution in [0.25, 0.3) is 0 Å². The lowest BCUT2D eigenvalue weighted by atomic mass is 10.4. The van der Waals surface area contributed by atoms with Crippen LogP contribution in [0.5, 0.6) is 0 Å². The van der Waals surface area contributed by atoms with Gasteiger partial charge in [0.05, 0.1) is 6.54 Å². The Labute approximate surface area is 98.0 Å². The lowest BCUT2D eigenvalue weighted by molar-refractivity contribution is -0.129. The van der Waals surface area contributed by atoms with Gasteiger partial charge >= 0.3 is 0 Å². The summed E-state index contributed by atoms with van der Waals surface area (Å²) in [5.74, 6) is 0.228. The number of rotatable bonds is 6. The molecule has 2 aliphatic rings. The molecule has 2 fully saturated rings. The number of hydrogen-bond acceptors (Lipinski definition) is 3. The van der Waals surface area contributed by atoms with Crippen molar-refractivity contribution in [1.82, 2.24) is 15.1 Å². The van der Waals surface area contributed by atoms with Crippen LogP contribution in [0.15, 0.2) is 0 Å². The highest BCUT2D eigenvalue weighted by Crippen LogP contribution is 2.18. The zero-order valence-electron chi connectivity index (χ0n) is 10.2. The van der Waals surface area contributed by atoms with E-state index < -0.39 is 0 Å². The van der Waals surface area contributed by atoms with Crippen molar-refractivity contribution < 1.29 is 4.79 Å². The van der Waals surface area contributed by atoms with Crippen molar-refractivity contribution in [3.8, 4) is 0 Å². The predicted molar refractivity (Wildman–Crippen MR) is 64.3 cm³/mol. The summed E-state index contributed by atoms with van der Waals surface area (Å²) in [6.07, 6.45) is 5.12. The second-order valence-electron chi connectivity index (χ2n) is 5.02. The zero-order chi connectivity index (χ0) is 11.4. The van der Waals surface area contributed by atoms with Gasteiger partial charge in [-0.25, -0.2) is 0 Å². The maximum atomic E-state index is 11.7. The van der Waals surface area contributed by atoms with Gasteiger partial charge in [-0.05, 0) is 38.8 Å². The minimum absolute atomic E-state index is 0.228. The molecule has 4 nitrogen and oxygen atoms in total. The standard InChI is InChI=1S/C12H23N3O/c1-14(8-9-15-6-2-3-7-15)12(16)10-13-11-4-5-11/h11,13H,2-10H2,1H3. The highest BCUT2D eigenvalue weighted by molar-refractivity contribution is 5.78. The molecule has 1 saturated heterocycles. The number of hydrogen-bond donors (Lipinski definition) is 1. The first-order valence-corrected chi connectivity index (χ1v) is 6.45. The molecule has 2 rings (SSSR count). The van der Waals surface area contributed by atoms with Gasteiger partial charge in [-0.15, -0.1) is 0 Å². The fourth-order valence-corrected chi connectivity index (χ4v) is 2.08. The van der Waals surface area contributed by atoms with Crippen molar-refractivity contribution in [2.24, 2.45) is 0 Å². The third-order valence-electron chi connectivity index (χ3n) is 3.50. The number of likely N-dealkylation sites (tertiary alicyclic amines) is 1. The molecule has 16 heavy (non-hydrogen) atoms. The summed E-state index contributed by atoms with van der Waals surface area (Å²) in [5.41, 5.74) is 0. The molecule has 1 heterocycles. The molecule has 1 N–H and O–H groups in total. The lowest BCUT2D eigenvalue weighted by Gasteiger charge is -2.21. The molecular formula is C12H23N3O. The van der Waals surface area contributed by atoms with Crippen LogP contribution in [0, 0.1) is 0 Å². The molecule has 0 aromatic carbocycles. The fraction of sp³-hybridized carbons (Fsp3) is 0.917. The summed E-state index contributed by atoms with van der Waals surface area (Å²) in [5, 5.41) is 3.26. The van der Waals surface area contributed by atoms with Crippen LogP contribution >= 0.6 is 0 Å². The second kappa shape index (κ2) is 5.64. The minimum atomic E-state index is 0.228. The molecule has 1 aliphatic heterocycles. The Kier molecular flexibility index (Phi) is 4.18. The average molecular weight is 225 g/mol. The van der Waals surface area contributed by atoms with Gasteiger partial charge in [-0.2, -0.15) is 0 Å². The SMILES string of the molecule is CN(CCN1CCCC1)C(=O)CNC1CC1. The van der Waals surface area contributed by atoms with Gasteiger partial charge in [0, 0.05) is 26.2 Å². The molecule has 0 aromatic rings. The van der Waals surface area contributed by atoms with E-state index in [0.29, 0.717) is 12.6 Å². The normalized spacial score (nSPS) is 21.3. The second-order valence-corrected chi connectivity index (χ2v) is 5.02. The van der Waals surface area contributed by atoms with Crippen LogP contribution < -0.4 is 5.32 Å². The van der Waals surface area contributed by atoms with Crippen LogP contribution in [0.3, 0.4) is 0 Å². The first-order valence-electron chi connectivity index (χ1n) is 6.45. The maximum absolute atomic E-state index is 11.7. The third-order valence-corrected chi connectivity index (χ3v) is 3.50. The molecular weight excluding hydrogens is 202 g/mol. The van der Waals surface area contributed by atoms with E-state index in [1.54, 1.807) is 0 Å². The number of likely N-dealkylation sites (N-methyl/N-ethyl adjacent to an activating group) is 1. The number of carbonyl (C=O) groups is 1. The summed E-state index contributed by atoms with van der Waals surface area (Å²) < 4.78 is 0. The van der Waals surface area contributed by atoms with Gasteiger partial charge in [0.2, 0.25) is 5.91 Å². The summed E-state index contributed by atoms with van der Waals surface area (Å²) in [6.45, 7) is 4.84. The zero-order valence-corrected chi connectivity index (χ0v) is 10.2. The van der Waals surface area contributed by atoms with Crippen molar-refractivity contribution in [2.45, 2.75) is 31.7 Å². The Hall–Kier alpha value is -0.610. The maximum Gasteiger partial charge on any atom is 0.236 e. The van der Waals surface area contributed by atoms with E-state index in [4.69, 9.17) is 0 Å². The lowest BCUT2D eigenvalue weighted by Crippen LogP contribution is -2.40. The van der Waals surface area contributed by atoms with E-state index in [-0.39, 0.29) is 5.91 Å². The minimum Gasteiger partial charge on any atom is -0.343 e. The van der Waals surface area contributed by atoms with Gasteiger partial charge in [-0.1, -0.05) is 0 Å². The first kappa shape index (κ1) is 11.9. The Morgan fingerprint density at radius 2 is 2.06 bits per heavy atom. The van der Waals surface area contributed by atoms with Gasteiger partial charge in [0.25, 0.3) is 0 Å². The Balaban J connectivity index is 1.57. The Morgan fingerprint density at radius 3 is 2.69 bits per heavy atom. The first-order chi connectivity index (χ1) is 7.75. The number of nitrogens with zero attached hydrogens (tertiary/aromatic N) is 2. The molecule has 1 aliphatic carbocycles. The van der Waals surface area contributed by atoms with Crippen LogP contribution in [0.4, 0.5) is 0 Å². The van der Waals surface area contributed by atoms with Crippen molar-refractivity contribution in [3.63, 3.8) is 0 Å². The van der Waals surface area contributed by atoms with Crippen LogP contribution in [0.1, 0.15) is 25.7 Å². The smallest absolute Gasteiger partial charge is 0.236 e. The van der Waals surface area contributed by atoms with E-state index >= 15 is 0 Å². The van der Waals surface area contributed by atoms with E-state index in [0.717, 1.165) is 13.1 Å².